The van der Waals surface area contributed by atoms with Crippen LogP contribution in [0.2, 0.25) is 0 Å². The van der Waals surface area contributed by atoms with Crippen LogP contribution >= 0.6 is 0 Å². The number of nitrogens with zero attached hydrogens (tertiary/aromatic N) is 2. The molecule has 0 saturated carbocycles. The van der Waals surface area contributed by atoms with E-state index >= 15 is 0 Å². The van der Waals surface area contributed by atoms with Gasteiger partial charge in [-0.05, 0) is 104 Å². The summed E-state index contributed by atoms with van der Waals surface area (Å²) >= 11 is 0. The quantitative estimate of drug-likeness (QED) is 0.169. The molecule has 0 amide bonds. The second-order valence-corrected chi connectivity index (χ2v) is 16.1. The van der Waals surface area contributed by atoms with Crippen LogP contribution in [0.15, 0.2) is 230 Å². The highest BCUT2D eigenvalue weighted by atomic mass is 15.1. The van der Waals surface area contributed by atoms with Crippen molar-refractivity contribution in [2.24, 2.45) is 0 Å². The van der Waals surface area contributed by atoms with E-state index in [1.165, 1.54) is 0 Å². The van der Waals surface area contributed by atoms with E-state index in [0.717, 1.165) is 99.8 Å². The predicted octanol–water partition coefficient (Wildman–Crippen LogP) is 15.4. The minimum absolute atomic E-state index is 0.0271. The molecule has 1 heterocycles. The van der Waals surface area contributed by atoms with E-state index < -0.39 is 5.41 Å². The number of hydrogen-bond acceptors (Lipinski definition) is 1. The molecule has 0 saturated heterocycles. The van der Waals surface area contributed by atoms with Gasteiger partial charge in [0.1, 0.15) is 0 Å². The van der Waals surface area contributed by atoms with Gasteiger partial charge in [0.15, 0.2) is 0 Å². The second kappa shape index (κ2) is 13.0. The fraction of sp³-hybridized carbons (Fsp3) is 0.0169. The number of benzene rings is 10. The lowest BCUT2D eigenvalue weighted by atomic mass is 9.61. The van der Waals surface area contributed by atoms with Crippen molar-refractivity contribution in [3.8, 4) is 39.1 Å². The molecule has 61 heavy (non-hydrogen) atoms. The molecule has 0 fully saturated rings. The van der Waals surface area contributed by atoms with Crippen LogP contribution in [0.5, 0.6) is 0 Å². The molecular formula is C59H38N2. The first kappa shape index (κ1) is 30.2. The first-order chi connectivity index (χ1) is 32.0. The molecule has 2 aliphatic rings. The molecule has 10 aromatic carbocycles. The molecule has 0 bridgehead atoms. The molecule has 13 rings (SSSR count). The van der Waals surface area contributed by atoms with Crippen LogP contribution in [-0.2, 0) is 5.41 Å². The van der Waals surface area contributed by atoms with Gasteiger partial charge < -0.3 is 9.47 Å². The smallest absolute Gasteiger partial charge is 0.0726 e. The van der Waals surface area contributed by atoms with E-state index in [0.29, 0.717) is 11.1 Å². The fourth-order valence-electron chi connectivity index (χ4n) is 10.7. The van der Waals surface area contributed by atoms with Crippen molar-refractivity contribution in [1.29, 1.82) is 0 Å². The Hall–Kier alpha value is -7.94. The van der Waals surface area contributed by atoms with Gasteiger partial charge in [0.05, 0.1) is 33.3 Å². The van der Waals surface area contributed by atoms with E-state index in [2.05, 4.69) is 204 Å². The van der Waals surface area contributed by atoms with Crippen molar-refractivity contribution < 1.29 is 5.48 Å². The topological polar surface area (TPSA) is 8.17 Å². The maximum absolute atomic E-state index is 9.95. The van der Waals surface area contributed by atoms with Crippen LogP contribution in [0, 0.1) is 0 Å². The van der Waals surface area contributed by atoms with Crippen LogP contribution < -0.4 is 4.90 Å². The first-order valence-electron chi connectivity index (χ1n) is 22.9. The molecule has 1 spiro atoms. The Bertz CT molecular complexity index is 3780. The maximum Gasteiger partial charge on any atom is 0.0726 e. The van der Waals surface area contributed by atoms with Gasteiger partial charge in [-0.25, -0.2) is 0 Å². The molecular weight excluding hydrogens is 737 g/mol. The third-order valence-electron chi connectivity index (χ3n) is 13.1. The van der Waals surface area contributed by atoms with Crippen molar-refractivity contribution in [3.05, 3.63) is 253 Å². The molecule has 1 unspecified atom stereocenters. The van der Waals surface area contributed by atoms with Crippen molar-refractivity contribution in [2.75, 3.05) is 4.90 Å². The lowest BCUT2D eigenvalue weighted by Gasteiger charge is -2.40. The Morgan fingerprint density at radius 2 is 1.07 bits per heavy atom. The number of rotatable bonds is 5. The van der Waals surface area contributed by atoms with E-state index in [1.807, 2.05) is 12.1 Å². The summed E-state index contributed by atoms with van der Waals surface area (Å²) < 4.78 is 40.7. The maximum atomic E-state index is 9.95. The van der Waals surface area contributed by atoms with Gasteiger partial charge in [-0.1, -0.05) is 182 Å². The lowest BCUT2D eigenvalue weighted by molar-refractivity contribution is 0.773. The van der Waals surface area contributed by atoms with Gasteiger partial charge in [0.25, 0.3) is 0 Å². The van der Waals surface area contributed by atoms with Crippen molar-refractivity contribution in [2.45, 2.75) is 5.41 Å². The van der Waals surface area contributed by atoms with E-state index in [1.54, 1.807) is 0 Å². The summed E-state index contributed by atoms with van der Waals surface area (Å²) in [5, 5.41) is 4.41. The largest absolute Gasteiger partial charge is 0.309 e. The summed E-state index contributed by atoms with van der Waals surface area (Å²) in [5.41, 5.74) is 14.0. The summed E-state index contributed by atoms with van der Waals surface area (Å²) in [6, 6.07) is 71.8. The lowest BCUT2D eigenvalue weighted by Crippen LogP contribution is -2.31. The molecule has 1 aromatic heterocycles. The summed E-state index contributed by atoms with van der Waals surface area (Å²) in [6.45, 7) is 0. The Kier molecular flexibility index (Phi) is 6.44. The number of anilines is 3. The molecule has 284 valence electrons. The summed E-state index contributed by atoms with van der Waals surface area (Å²) in [6.07, 6.45) is 0. The predicted molar refractivity (Wildman–Crippen MR) is 255 cm³/mol. The molecule has 0 aliphatic heterocycles. The Labute approximate surface area is 360 Å². The third kappa shape index (κ3) is 4.67. The molecule has 11 aromatic rings. The number of aromatic nitrogens is 1. The molecule has 1 atom stereocenters. The van der Waals surface area contributed by atoms with Gasteiger partial charge in [0.2, 0.25) is 0 Å². The van der Waals surface area contributed by atoms with Crippen LogP contribution in [-0.4, -0.2) is 4.57 Å². The van der Waals surface area contributed by atoms with Crippen LogP contribution in [0.1, 0.15) is 27.7 Å². The van der Waals surface area contributed by atoms with Crippen LogP contribution in [0.25, 0.3) is 71.6 Å². The van der Waals surface area contributed by atoms with Crippen molar-refractivity contribution >= 4 is 49.6 Å². The summed E-state index contributed by atoms with van der Waals surface area (Å²) in [7, 11) is 0. The Morgan fingerprint density at radius 1 is 0.426 bits per heavy atom. The fourth-order valence-corrected chi connectivity index (χ4v) is 10.7. The molecule has 0 radical (unpaired) electrons. The van der Waals surface area contributed by atoms with Crippen molar-refractivity contribution in [3.63, 3.8) is 0 Å². The monoisotopic (exact) mass is 778 g/mol. The third-order valence-corrected chi connectivity index (χ3v) is 13.1. The minimum atomic E-state index is -1.07. The SMILES string of the molecule is [2H]c1c([2H])c([2H])c2c(c1[2H])-c1c(N(c3ccc4c(c3)c3ccccc3n4-c3ccccc3)c3ccccc3-c3ccccc3)cccc1C21c2ccccc2-c2cccc3cccc1c23. The van der Waals surface area contributed by atoms with E-state index in [4.69, 9.17) is 0 Å². The second-order valence-electron chi connectivity index (χ2n) is 16.1. The zero-order valence-electron chi connectivity index (χ0n) is 37.0. The standard InChI is InChI=1S/C59H38N2/c1-3-18-39(19-4-1)43-24-9-13-33-53(43)61(42-36-37-55-48(38-42)45-26-10-14-34-54(45)60(55)41-22-5-2-6-23-41)56-35-17-32-52-58(56)47-27-8-12-30-50(47)59(52)49-29-11-7-25-44(49)46-28-15-20-40-21-16-31-51(59)57(40)46/h1-38H/i8D,12D,27D,30D. The average Bonchev–Trinajstić information content (AvgIpc) is 3.86. The van der Waals surface area contributed by atoms with Crippen LogP contribution in [0.4, 0.5) is 17.1 Å². The number of hydrogen-bond donors (Lipinski definition) is 0. The van der Waals surface area contributed by atoms with Gasteiger partial charge in [0, 0.05) is 33.3 Å². The Morgan fingerprint density at radius 3 is 1.95 bits per heavy atom. The van der Waals surface area contributed by atoms with Crippen LogP contribution in [0.3, 0.4) is 0 Å². The van der Waals surface area contributed by atoms with Gasteiger partial charge in [-0.15, -0.1) is 0 Å². The van der Waals surface area contributed by atoms with E-state index in [-0.39, 0.29) is 24.2 Å². The average molecular weight is 779 g/mol. The van der Waals surface area contributed by atoms with Gasteiger partial charge >= 0.3 is 0 Å². The first-order valence-corrected chi connectivity index (χ1v) is 20.9. The highest BCUT2D eigenvalue weighted by Gasteiger charge is 2.51. The normalized spacial score (nSPS) is 15.5. The highest BCUT2D eigenvalue weighted by molar-refractivity contribution is 6.12. The number of fused-ring (bicyclic) bond motifs is 12. The minimum Gasteiger partial charge on any atom is -0.309 e. The molecule has 2 nitrogen and oxygen atoms in total. The van der Waals surface area contributed by atoms with Crippen molar-refractivity contribution in [1.82, 2.24) is 4.57 Å². The number of para-hydroxylation sites is 3. The zero-order valence-corrected chi connectivity index (χ0v) is 33.0. The molecule has 0 N–H and O–H groups in total. The summed E-state index contributed by atoms with van der Waals surface area (Å²) in [5.74, 6) is 0. The molecule has 2 aliphatic carbocycles. The molecule has 2 heteroatoms. The van der Waals surface area contributed by atoms with Gasteiger partial charge in [-0.2, -0.15) is 0 Å². The van der Waals surface area contributed by atoms with E-state index in [9.17, 15) is 5.48 Å². The summed E-state index contributed by atoms with van der Waals surface area (Å²) in [4.78, 5) is 2.32. The highest BCUT2D eigenvalue weighted by Crippen LogP contribution is 2.64. The zero-order chi connectivity index (χ0) is 43.6. The van der Waals surface area contributed by atoms with Gasteiger partial charge in [-0.3, -0.25) is 0 Å². The Balaban J connectivity index is 1.19.